The van der Waals surface area contributed by atoms with Crippen LogP contribution in [-0.2, 0) is 12.4 Å². The maximum atomic E-state index is 14.0. The molecule has 258 valence electrons. The average molecular weight is 691 g/mol. The number of phenols is 2. The molecular formula is C40H32F6O4. The van der Waals surface area contributed by atoms with E-state index in [9.17, 15) is 36.6 Å². The first-order valence-corrected chi connectivity index (χ1v) is 15.8. The summed E-state index contributed by atoms with van der Waals surface area (Å²) in [5.41, 5.74) is -1.87. The van der Waals surface area contributed by atoms with Crippen LogP contribution in [0.4, 0.5) is 26.3 Å². The second kappa shape index (κ2) is 12.8. The van der Waals surface area contributed by atoms with Crippen LogP contribution in [0.1, 0.15) is 38.8 Å². The molecule has 50 heavy (non-hydrogen) atoms. The van der Waals surface area contributed by atoms with E-state index in [0.29, 0.717) is 21.5 Å². The average Bonchev–Trinajstić information content (AvgIpc) is 3.04. The summed E-state index contributed by atoms with van der Waals surface area (Å²) in [5, 5.41) is 26.3. The van der Waals surface area contributed by atoms with Gasteiger partial charge in [0.05, 0.1) is 23.3 Å². The van der Waals surface area contributed by atoms with Gasteiger partial charge in [0.1, 0.15) is 23.0 Å². The van der Waals surface area contributed by atoms with E-state index in [1.807, 2.05) is 0 Å². The molecule has 0 fully saturated rings. The third-order valence-corrected chi connectivity index (χ3v) is 8.21. The molecule has 4 nitrogen and oxygen atoms in total. The van der Waals surface area contributed by atoms with Crippen molar-refractivity contribution in [2.45, 2.75) is 52.3 Å². The highest BCUT2D eigenvalue weighted by molar-refractivity contribution is 6.14. The molecule has 0 aromatic heterocycles. The van der Waals surface area contributed by atoms with Gasteiger partial charge in [-0.2, -0.15) is 26.3 Å². The molecular weight excluding hydrogens is 658 g/mol. The van der Waals surface area contributed by atoms with E-state index in [-0.39, 0.29) is 44.9 Å². The molecule has 0 saturated carbocycles. The zero-order valence-corrected chi connectivity index (χ0v) is 27.4. The quantitative estimate of drug-likeness (QED) is 0.164. The van der Waals surface area contributed by atoms with Crippen molar-refractivity contribution in [3.05, 3.63) is 108 Å². The van der Waals surface area contributed by atoms with Crippen molar-refractivity contribution >= 4 is 21.5 Å². The normalized spacial score (nSPS) is 12.3. The number of aromatic hydroxyl groups is 2. The molecule has 0 radical (unpaired) electrons. The summed E-state index contributed by atoms with van der Waals surface area (Å²) in [6.45, 7) is 6.86. The van der Waals surface area contributed by atoms with Gasteiger partial charge >= 0.3 is 12.4 Å². The summed E-state index contributed by atoms with van der Waals surface area (Å²) in [7, 11) is 0. The summed E-state index contributed by atoms with van der Waals surface area (Å²) in [6, 6.07) is 22.7. The van der Waals surface area contributed by atoms with Crippen LogP contribution in [0.15, 0.2) is 97.1 Å². The number of fused-ring (bicyclic) bond motifs is 2. The van der Waals surface area contributed by atoms with Gasteiger partial charge in [-0.1, -0.05) is 48.5 Å². The number of hydrogen-bond donors (Lipinski definition) is 2. The number of halogens is 6. The van der Waals surface area contributed by atoms with Gasteiger partial charge in [-0.05, 0) is 97.8 Å². The number of ether oxygens (including phenoxy) is 2. The highest BCUT2D eigenvalue weighted by Gasteiger charge is 2.34. The maximum Gasteiger partial charge on any atom is 0.416 e. The Labute approximate surface area is 284 Å². The van der Waals surface area contributed by atoms with Crippen molar-refractivity contribution < 1.29 is 46.0 Å². The van der Waals surface area contributed by atoms with E-state index in [1.165, 1.54) is 12.1 Å². The van der Waals surface area contributed by atoms with E-state index in [1.54, 1.807) is 88.4 Å². The Kier molecular flexibility index (Phi) is 8.84. The molecule has 0 saturated heterocycles. The summed E-state index contributed by atoms with van der Waals surface area (Å²) < 4.78 is 95.8. The fraction of sp³-hybridized carbons (Fsp3) is 0.200. The van der Waals surface area contributed by atoms with E-state index in [4.69, 9.17) is 9.47 Å². The second-order valence-corrected chi connectivity index (χ2v) is 12.5. The van der Waals surface area contributed by atoms with Gasteiger partial charge in [-0.3, -0.25) is 0 Å². The Morgan fingerprint density at radius 2 is 0.840 bits per heavy atom. The molecule has 0 atom stereocenters. The minimum absolute atomic E-state index is 0.00256. The number of alkyl halides is 6. The van der Waals surface area contributed by atoms with E-state index in [2.05, 4.69) is 0 Å². The molecule has 6 aromatic carbocycles. The number of benzene rings is 6. The predicted octanol–water partition coefficient (Wildman–Crippen LogP) is 12.0. The number of phenolic OH excluding ortho intramolecular Hbond substituents is 2. The molecule has 0 aliphatic carbocycles. The molecule has 0 aliphatic rings. The molecule has 0 amide bonds. The number of rotatable bonds is 7. The van der Waals surface area contributed by atoms with Crippen LogP contribution in [0, 0.1) is 0 Å². The van der Waals surface area contributed by atoms with E-state index in [0.717, 1.165) is 24.3 Å². The Balaban J connectivity index is 1.75. The van der Waals surface area contributed by atoms with Crippen molar-refractivity contribution in [2.24, 2.45) is 0 Å². The van der Waals surface area contributed by atoms with Gasteiger partial charge in [0.25, 0.3) is 0 Å². The lowest BCUT2D eigenvalue weighted by Crippen LogP contribution is -2.09. The molecule has 6 aromatic rings. The first-order valence-electron chi connectivity index (χ1n) is 15.8. The Morgan fingerprint density at radius 3 is 1.18 bits per heavy atom. The minimum Gasteiger partial charge on any atom is -0.507 e. The van der Waals surface area contributed by atoms with Crippen LogP contribution in [0.2, 0.25) is 0 Å². The van der Waals surface area contributed by atoms with Gasteiger partial charge in [0.2, 0.25) is 0 Å². The lowest BCUT2D eigenvalue weighted by molar-refractivity contribution is -0.138. The monoisotopic (exact) mass is 690 g/mol. The van der Waals surface area contributed by atoms with Gasteiger partial charge in [0, 0.05) is 33.4 Å². The van der Waals surface area contributed by atoms with Crippen LogP contribution >= 0.6 is 0 Å². The van der Waals surface area contributed by atoms with Gasteiger partial charge in [-0.25, -0.2) is 0 Å². The highest BCUT2D eigenvalue weighted by atomic mass is 19.4. The number of hydrogen-bond acceptors (Lipinski definition) is 4. The Morgan fingerprint density at radius 1 is 0.480 bits per heavy atom. The minimum atomic E-state index is -4.70. The van der Waals surface area contributed by atoms with E-state index < -0.39 is 47.2 Å². The molecule has 0 spiro atoms. The standard InChI is InChI=1S/C40H32F6O4/c1-21(2)49-33-15-13-25(39(41,42)43)19-29(33)31-17-23-9-5-7-11-27(23)35(37(31)47)36-28-12-8-6-10-24(28)18-32(38(36)48)30-20-26(40(44,45)46)14-16-34(30)50-22(3)4/h5-22,47-48H,1-4H3. The fourth-order valence-corrected chi connectivity index (χ4v) is 6.14. The van der Waals surface area contributed by atoms with Crippen molar-refractivity contribution in [2.75, 3.05) is 0 Å². The van der Waals surface area contributed by atoms with Crippen molar-refractivity contribution in [3.63, 3.8) is 0 Å². The highest BCUT2D eigenvalue weighted by Crippen LogP contribution is 2.54. The Hall–Kier alpha value is -5.38. The zero-order chi connectivity index (χ0) is 36.1. The molecule has 0 aliphatic heterocycles. The topological polar surface area (TPSA) is 58.9 Å². The Bertz CT molecular complexity index is 2080. The molecule has 0 unspecified atom stereocenters. The molecule has 0 heterocycles. The lowest BCUT2D eigenvalue weighted by atomic mass is 9.86. The lowest BCUT2D eigenvalue weighted by Gasteiger charge is -2.22. The first-order chi connectivity index (χ1) is 23.5. The van der Waals surface area contributed by atoms with Crippen LogP contribution < -0.4 is 9.47 Å². The van der Waals surface area contributed by atoms with Crippen molar-refractivity contribution in [1.29, 1.82) is 0 Å². The summed E-state index contributed by atoms with van der Waals surface area (Å²) >= 11 is 0. The summed E-state index contributed by atoms with van der Waals surface area (Å²) in [5.74, 6) is -0.743. The zero-order valence-electron chi connectivity index (χ0n) is 27.4. The predicted molar refractivity (Wildman–Crippen MR) is 183 cm³/mol. The van der Waals surface area contributed by atoms with E-state index >= 15 is 0 Å². The largest absolute Gasteiger partial charge is 0.507 e. The third kappa shape index (κ3) is 6.49. The van der Waals surface area contributed by atoms with Crippen LogP contribution in [0.3, 0.4) is 0 Å². The van der Waals surface area contributed by atoms with Crippen molar-refractivity contribution in [1.82, 2.24) is 0 Å². The molecule has 10 heteroatoms. The third-order valence-electron chi connectivity index (χ3n) is 8.21. The summed E-state index contributed by atoms with van der Waals surface area (Å²) in [4.78, 5) is 0. The molecule has 0 bridgehead atoms. The molecule has 2 N–H and O–H groups in total. The van der Waals surface area contributed by atoms with Gasteiger partial charge in [-0.15, -0.1) is 0 Å². The van der Waals surface area contributed by atoms with Crippen LogP contribution in [-0.4, -0.2) is 22.4 Å². The van der Waals surface area contributed by atoms with Crippen LogP contribution in [0.25, 0.3) is 54.9 Å². The van der Waals surface area contributed by atoms with Crippen LogP contribution in [0.5, 0.6) is 23.0 Å². The molecule has 6 rings (SSSR count). The van der Waals surface area contributed by atoms with Gasteiger partial charge in [0.15, 0.2) is 0 Å². The maximum absolute atomic E-state index is 14.0. The SMILES string of the molecule is CC(C)Oc1ccc(C(F)(F)F)cc1-c1cc2ccccc2c(-c2c(O)c(-c3cc(C(F)(F)F)ccc3OC(C)C)cc3ccccc23)c1O. The first kappa shape index (κ1) is 34.5. The fourth-order valence-electron chi connectivity index (χ4n) is 6.14. The summed E-state index contributed by atoms with van der Waals surface area (Å²) in [6.07, 6.45) is -10.3. The smallest absolute Gasteiger partial charge is 0.416 e. The van der Waals surface area contributed by atoms with Crippen molar-refractivity contribution in [3.8, 4) is 56.4 Å². The second-order valence-electron chi connectivity index (χ2n) is 12.5. The van der Waals surface area contributed by atoms with Gasteiger partial charge < -0.3 is 19.7 Å².